The smallest absolute Gasteiger partial charge is 0.120 e. The average Bonchev–Trinajstić information content (AvgIpc) is 2.34. The molecule has 19 heavy (non-hydrogen) atoms. The van der Waals surface area contributed by atoms with Gasteiger partial charge in [0.05, 0.1) is 6.10 Å². The van der Waals surface area contributed by atoms with Crippen LogP contribution in [-0.2, 0) is 4.57 Å². The fraction of sp³-hybridized carbons (Fsp3) is 0.625. The third-order valence-electron chi connectivity index (χ3n) is 3.60. The molecule has 0 saturated carbocycles. The molecule has 1 rings (SSSR count). The summed E-state index contributed by atoms with van der Waals surface area (Å²) in [6, 6.07) is 9.86. The molecule has 0 radical (unpaired) electrons. The van der Waals surface area contributed by atoms with Crippen LogP contribution >= 0.6 is 7.14 Å². The summed E-state index contributed by atoms with van der Waals surface area (Å²) < 4.78 is 13.4. The van der Waals surface area contributed by atoms with Crippen LogP contribution in [0.4, 0.5) is 0 Å². The molecule has 108 valence electrons. The molecular weight excluding hydrogens is 255 g/mol. The van der Waals surface area contributed by atoms with Gasteiger partial charge in [0, 0.05) is 16.6 Å². The molecule has 0 aromatic heterocycles. The molecule has 0 amide bonds. The third kappa shape index (κ3) is 4.47. The summed E-state index contributed by atoms with van der Waals surface area (Å²) in [6.07, 6.45) is 3.11. The van der Waals surface area contributed by atoms with Crippen molar-refractivity contribution in [3.63, 3.8) is 0 Å². The molecule has 0 spiro atoms. The van der Waals surface area contributed by atoms with E-state index in [1.807, 2.05) is 30.3 Å². The highest BCUT2D eigenvalue weighted by molar-refractivity contribution is 7.73. The van der Waals surface area contributed by atoms with E-state index >= 15 is 0 Å². The highest BCUT2D eigenvalue weighted by Gasteiger charge is 2.37. The van der Waals surface area contributed by atoms with Crippen molar-refractivity contribution in [3.8, 4) is 0 Å². The Morgan fingerprint density at radius 3 is 2.21 bits per heavy atom. The molecule has 1 N–H and O–H groups in total. The topological polar surface area (TPSA) is 37.3 Å². The molecule has 0 saturated heterocycles. The molecule has 1 aromatic rings. The van der Waals surface area contributed by atoms with Crippen LogP contribution < -0.4 is 5.30 Å². The van der Waals surface area contributed by atoms with Gasteiger partial charge in [-0.3, -0.25) is 0 Å². The highest BCUT2D eigenvalue weighted by atomic mass is 31.2. The molecule has 2 nitrogen and oxygen atoms in total. The van der Waals surface area contributed by atoms with Crippen LogP contribution in [0.15, 0.2) is 30.3 Å². The van der Waals surface area contributed by atoms with Crippen LogP contribution in [0.1, 0.15) is 47.0 Å². The van der Waals surface area contributed by atoms with Crippen molar-refractivity contribution in [2.24, 2.45) is 0 Å². The van der Waals surface area contributed by atoms with Gasteiger partial charge in [-0.25, -0.2) is 0 Å². The molecule has 0 fully saturated rings. The summed E-state index contributed by atoms with van der Waals surface area (Å²) in [4.78, 5) is 0. The first kappa shape index (κ1) is 16.5. The molecule has 3 heteroatoms. The maximum absolute atomic E-state index is 13.4. The number of hydrogen-bond acceptors (Lipinski definition) is 2. The van der Waals surface area contributed by atoms with E-state index in [4.69, 9.17) is 0 Å². The fourth-order valence-corrected chi connectivity index (χ4v) is 5.32. The van der Waals surface area contributed by atoms with Crippen LogP contribution in [0, 0.1) is 0 Å². The van der Waals surface area contributed by atoms with Gasteiger partial charge in [0.2, 0.25) is 0 Å². The van der Waals surface area contributed by atoms with Crippen LogP contribution in [0.25, 0.3) is 0 Å². The molecular formula is C16H27O2P. The van der Waals surface area contributed by atoms with Gasteiger partial charge in [0.15, 0.2) is 0 Å². The Bertz CT molecular complexity index is 418. The maximum Gasteiger partial charge on any atom is 0.120 e. The molecule has 1 unspecified atom stereocenters. The molecule has 0 aliphatic carbocycles. The minimum atomic E-state index is -2.40. The first-order valence-electron chi connectivity index (χ1n) is 7.10. The van der Waals surface area contributed by atoms with E-state index in [1.54, 1.807) is 6.92 Å². The lowest BCUT2D eigenvalue weighted by Crippen LogP contribution is -2.25. The molecule has 0 heterocycles. The van der Waals surface area contributed by atoms with E-state index in [2.05, 4.69) is 20.8 Å². The SMILES string of the molecule is C[C@H](O)CCCCP(=O)(c1ccccc1)C(C)(C)C. The van der Waals surface area contributed by atoms with Crippen LogP contribution in [-0.4, -0.2) is 22.5 Å². The first-order chi connectivity index (χ1) is 8.77. The molecule has 0 bridgehead atoms. The second kappa shape index (κ2) is 6.72. The lowest BCUT2D eigenvalue weighted by atomic mass is 10.2. The number of aliphatic hydroxyl groups excluding tert-OH is 1. The van der Waals surface area contributed by atoms with Crippen molar-refractivity contribution in [2.75, 3.05) is 6.16 Å². The van der Waals surface area contributed by atoms with Crippen LogP contribution in [0.2, 0.25) is 0 Å². The van der Waals surface area contributed by atoms with Gasteiger partial charge in [0.25, 0.3) is 0 Å². The van der Waals surface area contributed by atoms with E-state index in [0.29, 0.717) is 0 Å². The number of aliphatic hydroxyl groups is 1. The summed E-state index contributed by atoms with van der Waals surface area (Å²) >= 11 is 0. The van der Waals surface area contributed by atoms with Crippen molar-refractivity contribution in [2.45, 2.75) is 58.2 Å². The van der Waals surface area contributed by atoms with Crippen molar-refractivity contribution in [1.82, 2.24) is 0 Å². The summed E-state index contributed by atoms with van der Waals surface area (Å²) in [5.74, 6) is 0. The molecule has 1 aromatic carbocycles. The summed E-state index contributed by atoms with van der Waals surface area (Å²) in [5.41, 5.74) is 0. The second-order valence-electron chi connectivity index (χ2n) is 6.31. The number of unbranched alkanes of at least 4 members (excludes halogenated alkanes) is 1. The largest absolute Gasteiger partial charge is 0.393 e. The predicted octanol–water partition coefficient (Wildman–Crippen LogP) is 4.02. The monoisotopic (exact) mass is 282 g/mol. The van der Waals surface area contributed by atoms with E-state index in [9.17, 15) is 9.67 Å². The Morgan fingerprint density at radius 1 is 1.16 bits per heavy atom. The van der Waals surface area contributed by atoms with E-state index in [0.717, 1.165) is 30.7 Å². The Balaban J connectivity index is 2.82. The zero-order chi connectivity index (χ0) is 14.5. The molecule has 0 aliphatic heterocycles. The first-order valence-corrected chi connectivity index (χ1v) is 8.99. The Hall–Kier alpha value is -0.590. The van der Waals surface area contributed by atoms with Gasteiger partial charge in [-0.05, 0) is 19.8 Å². The minimum absolute atomic E-state index is 0.209. The Labute approximate surface area is 117 Å². The minimum Gasteiger partial charge on any atom is -0.393 e. The van der Waals surface area contributed by atoms with Gasteiger partial charge in [0.1, 0.15) is 7.14 Å². The van der Waals surface area contributed by atoms with Crippen molar-refractivity contribution >= 4 is 12.4 Å². The van der Waals surface area contributed by atoms with E-state index < -0.39 is 7.14 Å². The standard InChI is InChI=1S/C16H27O2P/c1-14(17)10-8-9-13-19(18,16(2,3)4)15-11-6-5-7-12-15/h5-7,11-12,14,17H,8-10,13H2,1-4H3/t14-,19?/m0/s1. The number of rotatable bonds is 6. The van der Waals surface area contributed by atoms with Gasteiger partial charge in [-0.15, -0.1) is 0 Å². The summed E-state index contributed by atoms with van der Waals surface area (Å²) in [6.45, 7) is 8.00. The normalized spacial score (nSPS) is 16.9. The van der Waals surface area contributed by atoms with Crippen LogP contribution in [0.5, 0.6) is 0 Å². The van der Waals surface area contributed by atoms with Gasteiger partial charge < -0.3 is 9.67 Å². The van der Waals surface area contributed by atoms with Crippen molar-refractivity contribution in [3.05, 3.63) is 30.3 Å². The number of hydrogen-bond donors (Lipinski definition) is 1. The number of benzene rings is 1. The quantitative estimate of drug-likeness (QED) is 0.632. The van der Waals surface area contributed by atoms with Crippen molar-refractivity contribution < 1.29 is 9.67 Å². The third-order valence-corrected chi connectivity index (χ3v) is 7.85. The molecule has 2 atom stereocenters. The molecule has 0 aliphatic rings. The summed E-state index contributed by atoms with van der Waals surface area (Å²) in [7, 11) is -2.40. The predicted molar refractivity (Wildman–Crippen MR) is 83.8 cm³/mol. The summed E-state index contributed by atoms with van der Waals surface area (Å²) in [5, 5.41) is 10.1. The van der Waals surface area contributed by atoms with Crippen molar-refractivity contribution in [1.29, 1.82) is 0 Å². The lowest BCUT2D eigenvalue weighted by molar-refractivity contribution is 0.181. The Morgan fingerprint density at radius 2 is 1.74 bits per heavy atom. The fourth-order valence-electron chi connectivity index (χ4n) is 2.29. The van der Waals surface area contributed by atoms with Gasteiger partial charge >= 0.3 is 0 Å². The van der Waals surface area contributed by atoms with E-state index in [-0.39, 0.29) is 11.3 Å². The Kier molecular flexibility index (Phi) is 5.82. The maximum atomic E-state index is 13.4. The zero-order valence-electron chi connectivity index (χ0n) is 12.6. The van der Waals surface area contributed by atoms with Gasteiger partial charge in [-0.2, -0.15) is 0 Å². The van der Waals surface area contributed by atoms with E-state index in [1.165, 1.54) is 0 Å². The van der Waals surface area contributed by atoms with Gasteiger partial charge in [-0.1, -0.05) is 57.5 Å². The zero-order valence-corrected chi connectivity index (χ0v) is 13.5. The highest BCUT2D eigenvalue weighted by Crippen LogP contribution is 2.57. The lowest BCUT2D eigenvalue weighted by Gasteiger charge is -2.32. The second-order valence-corrected chi connectivity index (χ2v) is 10.1. The average molecular weight is 282 g/mol. The van der Waals surface area contributed by atoms with Crippen LogP contribution in [0.3, 0.4) is 0 Å².